The number of carbonyl (C=O) groups is 1. The van der Waals surface area contributed by atoms with E-state index in [1.165, 1.54) is 16.4 Å². The van der Waals surface area contributed by atoms with E-state index in [4.69, 9.17) is 11.6 Å². The van der Waals surface area contributed by atoms with Gasteiger partial charge in [-0.2, -0.15) is 0 Å². The number of hydrogen-bond donors (Lipinski definition) is 1. The molecule has 0 saturated heterocycles. The number of aromatic nitrogens is 1. The minimum Gasteiger partial charge on any atom is -0.346 e. The van der Waals surface area contributed by atoms with Gasteiger partial charge in [-0.15, -0.1) is 0 Å². The van der Waals surface area contributed by atoms with Crippen LogP contribution in [0.1, 0.15) is 13.8 Å². The monoisotopic (exact) mass is 405 g/mol. The Morgan fingerprint density at radius 2 is 1.69 bits per heavy atom. The third-order valence-corrected chi connectivity index (χ3v) is 5.44. The van der Waals surface area contributed by atoms with E-state index in [0.29, 0.717) is 0 Å². The van der Waals surface area contributed by atoms with Crippen LogP contribution in [-0.4, -0.2) is 22.5 Å². The van der Waals surface area contributed by atoms with Crippen LogP contribution in [0.2, 0.25) is 0 Å². The fourth-order valence-electron chi connectivity index (χ4n) is 3.87. The molecule has 4 aromatic rings. The summed E-state index contributed by atoms with van der Waals surface area (Å²) in [5.41, 5.74) is 3.79. The zero-order valence-electron chi connectivity index (χ0n) is 16.6. The largest absolute Gasteiger partial charge is 0.346 e. The van der Waals surface area contributed by atoms with Gasteiger partial charge in [-0.1, -0.05) is 48.0 Å². The average Bonchev–Trinajstić information content (AvgIpc) is 3.05. The predicted octanol–water partition coefficient (Wildman–Crippen LogP) is 5.84. The molecule has 3 aromatic carbocycles. The van der Waals surface area contributed by atoms with Crippen molar-refractivity contribution in [1.82, 2.24) is 4.57 Å². The Morgan fingerprint density at radius 3 is 2.41 bits per heavy atom. The van der Waals surface area contributed by atoms with Gasteiger partial charge in [-0.25, -0.2) is 0 Å². The van der Waals surface area contributed by atoms with Crippen molar-refractivity contribution >= 4 is 50.7 Å². The van der Waals surface area contributed by atoms with Crippen molar-refractivity contribution in [3.63, 3.8) is 0 Å². The number of rotatable bonds is 6. The molecule has 4 rings (SSSR count). The first kappa shape index (κ1) is 19.3. The summed E-state index contributed by atoms with van der Waals surface area (Å²) in [6.07, 6.45) is 0. The molecule has 0 bridgehead atoms. The molecule has 1 heterocycles. The Balaban J connectivity index is 1.60. The molecule has 1 amide bonds. The number of benzene rings is 3. The van der Waals surface area contributed by atoms with Crippen LogP contribution in [0.4, 0.5) is 11.4 Å². The first-order valence-corrected chi connectivity index (χ1v) is 10.3. The molecule has 0 spiro atoms. The first-order chi connectivity index (χ1) is 14.1. The average molecular weight is 406 g/mol. The van der Waals surface area contributed by atoms with Crippen LogP contribution in [0.5, 0.6) is 0 Å². The number of carbonyl (C=O) groups excluding carboxylic acids is 1. The summed E-state index contributed by atoms with van der Waals surface area (Å²) in [6.45, 7) is 5.10. The fourth-order valence-corrected chi connectivity index (χ4v) is 4.05. The summed E-state index contributed by atoms with van der Waals surface area (Å²) in [7, 11) is 0. The highest BCUT2D eigenvalue weighted by atomic mass is 35.5. The van der Waals surface area contributed by atoms with Gasteiger partial charge in [0.15, 0.2) is 0 Å². The molecule has 0 aliphatic heterocycles. The summed E-state index contributed by atoms with van der Waals surface area (Å²) in [4.78, 5) is 14.6. The molecule has 1 unspecified atom stereocenters. The van der Waals surface area contributed by atoms with E-state index in [1.54, 1.807) is 0 Å². The second-order valence-electron chi connectivity index (χ2n) is 7.08. The third-order valence-electron chi connectivity index (χ3n) is 5.20. The molecule has 5 heteroatoms. The standard InChI is InChI=1S/C24H24ClN3O/c1-3-27-22-12-8-7-11-20(22)21-15-18(13-14-23(21)27)26-24(29)16-28(17(2)25)19-9-5-4-6-10-19/h4-15,17H,3,16H2,1-2H3,(H,26,29). The van der Waals surface area contributed by atoms with Crippen LogP contribution >= 0.6 is 11.6 Å². The molecule has 0 aliphatic rings. The number of nitrogens with one attached hydrogen (secondary N) is 1. The smallest absolute Gasteiger partial charge is 0.243 e. The molecule has 0 radical (unpaired) electrons. The Hall–Kier alpha value is -2.98. The van der Waals surface area contributed by atoms with Gasteiger partial charge in [0.25, 0.3) is 0 Å². The van der Waals surface area contributed by atoms with Gasteiger partial charge in [0.1, 0.15) is 5.50 Å². The molecule has 29 heavy (non-hydrogen) atoms. The molecular weight excluding hydrogens is 382 g/mol. The number of aryl methyl sites for hydroxylation is 1. The maximum absolute atomic E-state index is 12.7. The summed E-state index contributed by atoms with van der Waals surface area (Å²) in [6, 6.07) is 24.2. The van der Waals surface area contributed by atoms with Crippen molar-refractivity contribution in [2.75, 3.05) is 16.8 Å². The molecule has 1 aromatic heterocycles. The number of halogens is 1. The number of nitrogens with zero attached hydrogens (tertiary/aromatic N) is 2. The topological polar surface area (TPSA) is 37.3 Å². The van der Waals surface area contributed by atoms with E-state index in [-0.39, 0.29) is 18.0 Å². The number of amides is 1. The highest BCUT2D eigenvalue weighted by Crippen LogP contribution is 2.31. The van der Waals surface area contributed by atoms with Crippen molar-refractivity contribution in [3.05, 3.63) is 72.8 Å². The van der Waals surface area contributed by atoms with Crippen molar-refractivity contribution in [1.29, 1.82) is 0 Å². The molecule has 1 N–H and O–H groups in total. The number of hydrogen-bond acceptors (Lipinski definition) is 2. The van der Waals surface area contributed by atoms with Crippen molar-refractivity contribution in [2.45, 2.75) is 25.9 Å². The Morgan fingerprint density at radius 1 is 1.00 bits per heavy atom. The van der Waals surface area contributed by atoms with E-state index < -0.39 is 0 Å². The van der Waals surface area contributed by atoms with Crippen LogP contribution < -0.4 is 10.2 Å². The van der Waals surface area contributed by atoms with Crippen LogP contribution in [0.25, 0.3) is 21.8 Å². The number of fused-ring (bicyclic) bond motifs is 3. The number of para-hydroxylation sites is 2. The van der Waals surface area contributed by atoms with E-state index in [1.807, 2.05) is 54.3 Å². The van der Waals surface area contributed by atoms with Gasteiger partial charge >= 0.3 is 0 Å². The molecule has 1 atom stereocenters. The number of alkyl halides is 1. The highest BCUT2D eigenvalue weighted by molar-refractivity contribution is 6.22. The Bertz CT molecular complexity index is 1150. The van der Waals surface area contributed by atoms with Crippen molar-refractivity contribution in [2.24, 2.45) is 0 Å². The lowest BCUT2D eigenvalue weighted by Gasteiger charge is -2.26. The Labute approximate surface area is 175 Å². The fraction of sp³-hybridized carbons (Fsp3) is 0.208. The zero-order chi connectivity index (χ0) is 20.4. The van der Waals surface area contributed by atoms with Crippen LogP contribution in [0, 0.1) is 0 Å². The lowest BCUT2D eigenvalue weighted by molar-refractivity contribution is -0.115. The summed E-state index contributed by atoms with van der Waals surface area (Å²) in [5.74, 6) is -0.0973. The molecule has 148 valence electrons. The van der Waals surface area contributed by atoms with Crippen LogP contribution in [-0.2, 0) is 11.3 Å². The second kappa shape index (κ2) is 8.18. The summed E-state index contributed by atoms with van der Waals surface area (Å²) < 4.78 is 2.29. The normalized spacial score (nSPS) is 12.2. The SMILES string of the molecule is CCn1c2ccccc2c2cc(NC(=O)CN(c3ccccc3)C(C)Cl)ccc21. The van der Waals surface area contributed by atoms with E-state index in [0.717, 1.165) is 23.3 Å². The molecular formula is C24H24ClN3O. The first-order valence-electron chi connectivity index (χ1n) is 9.85. The minimum absolute atomic E-state index is 0.0973. The van der Waals surface area contributed by atoms with Crippen LogP contribution in [0.15, 0.2) is 72.8 Å². The lowest BCUT2D eigenvalue weighted by Crippen LogP contribution is -2.37. The summed E-state index contributed by atoms with van der Waals surface area (Å²) >= 11 is 6.33. The van der Waals surface area contributed by atoms with E-state index >= 15 is 0 Å². The maximum atomic E-state index is 12.7. The lowest BCUT2D eigenvalue weighted by atomic mass is 10.1. The highest BCUT2D eigenvalue weighted by Gasteiger charge is 2.17. The van der Waals surface area contributed by atoms with Gasteiger partial charge < -0.3 is 14.8 Å². The maximum Gasteiger partial charge on any atom is 0.243 e. The molecule has 0 saturated carbocycles. The molecule has 4 nitrogen and oxygen atoms in total. The zero-order valence-corrected chi connectivity index (χ0v) is 17.4. The minimum atomic E-state index is -0.298. The van der Waals surface area contributed by atoms with E-state index in [2.05, 4.69) is 47.1 Å². The van der Waals surface area contributed by atoms with Crippen LogP contribution in [0.3, 0.4) is 0 Å². The van der Waals surface area contributed by atoms with Gasteiger partial charge in [0.2, 0.25) is 5.91 Å². The van der Waals surface area contributed by atoms with Crippen molar-refractivity contribution in [3.8, 4) is 0 Å². The van der Waals surface area contributed by atoms with Gasteiger partial charge in [-0.3, -0.25) is 4.79 Å². The van der Waals surface area contributed by atoms with Gasteiger partial charge in [-0.05, 0) is 50.2 Å². The van der Waals surface area contributed by atoms with Gasteiger partial charge in [0, 0.05) is 39.7 Å². The second-order valence-corrected chi connectivity index (χ2v) is 7.71. The van der Waals surface area contributed by atoms with E-state index in [9.17, 15) is 4.79 Å². The molecule has 0 aliphatic carbocycles. The predicted molar refractivity (Wildman–Crippen MR) is 123 cm³/mol. The third kappa shape index (κ3) is 3.81. The Kier molecular flexibility index (Phi) is 5.45. The quantitative estimate of drug-likeness (QED) is 0.323. The van der Waals surface area contributed by atoms with Crippen molar-refractivity contribution < 1.29 is 4.79 Å². The molecule has 0 fully saturated rings. The summed E-state index contributed by atoms with van der Waals surface area (Å²) in [5, 5.41) is 5.37. The van der Waals surface area contributed by atoms with Gasteiger partial charge in [0.05, 0.1) is 6.54 Å². The number of anilines is 2.